The predicted octanol–water partition coefficient (Wildman–Crippen LogP) is 2.70. The first-order chi connectivity index (χ1) is 10.3. The van der Waals surface area contributed by atoms with Gasteiger partial charge < -0.3 is 10.6 Å². The van der Waals surface area contributed by atoms with Crippen molar-refractivity contribution in [2.45, 2.75) is 45.6 Å². The Kier molecular flexibility index (Phi) is 7.36. The van der Waals surface area contributed by atoms with Crippen molar-refractivity contribution < 1.29 is 0 Å². The van der Waals surface area contributed by atoms with Crippen LogP contribution in [0.2, 0.25) is 0 Å². The molecule has 1 fully saturated rings. The van der Waals surface area contributed by atoms with E-state index in [4.69, 9.17) is 0 Å². The summed E-state index contributed by atoms with van der Waals surface area (Å²) >= 11 is 3.84. The number of rotatable bonds is 6. The summed E-state index contributed by atoms with van der Waals surface area (Å²) in [7, 11) is 0. The lowest BCUT2D eigenvalue weighted by Gasteiger charge is -2.24. The lowest BCUT2D eigenvalue weighted by Crippen LogP contribution is -2.45. The van der Waals surface area contributed by atoms with E-state index in [1.165, 1.54) is 34.2 Å². The first-order valence-electron chi connectivity index (χ1n) is 7.88. The highest BCUT2D eigenvalue weighted by atomic mass is 32.2. The molecular formula is C15H26N4S2. The lowest BCUT2D eigenvalue weighted by molar-refractivity contribution is 0.582. The van der Waals surface area contributed by atoms with Gasteiger partial charge in [-0.15, -0.1) is 11.3 Å². The Hall–Kier alpha value is -0.750. The molecule has 1 aromatic heterocycles. The molecule has 1 aliphatic heterocycles. The molecule has 0 amide bonds. The lowest BCUT2D eigenvalue weighted by atomic mass is 10.2. The van der Waals surface area contributed by atoms with Crippen molar-refractivity contribution in [1.29, 1.82) is 0 Å². The highest BCUT2D eigenvalue weighted by Crippen LogP contribution is 2.17. The van der Waals surface area contributed by atoms with E-state index in [0.717, 1.165) is 31.9 Å². The van der Waals surface area contributed by atoms with Crippen molar-refractivity contribution in [3.63, 3.8) is 0 Å². The smallest absolute Gasteiger partial charge is 0.191 e. The Balaban J connectivity index is 1.81. The Labute approximate surface area is 136 Å². The molecule has 1 atom stereocenters. The molecule has 2 N–H and O–H groups in total. The number of nitrogens with one attached hydrogen (secondary N) is 2. The number of hydrogen-bond acceptors (Lipinski definition) is 4. The molecule has 1 aliphatic rings. The highest BCUT2D eigenvalue weighted by molar-refractivity contribution is 7.99. The summed E-state index contributed by atoms with van der Waals surface area (Å²) in [6, 6.07) is 0.563. The zero-order chi connectivity index (χ0) is 14.9. The molecule has 1 aromatic rings. The summed E-state index contributed by atoms with van der Waals surface area (Å²) in [5.41, 5.74) is 0. The van der Waals surface area contributed by atoms with Gasteiger partial charge in [0, 0.05) is 42.4 Å². The molecule has 0 aliphatic carbocycles. The van der Waals surface area contributed by atoms with Crippen molar-refractivity contribution in [2.75, 3.05) is 24.6 Å². The second kappa shape index (κ2) is 9.30. The molecule has 21 heavy (non-hydrogen) atoms. The minimum absolute atomic E-state index is 0.563. The average Bonchev–Trinajstić information content (AvgIpc) is 2.96. The van der Waals surface area contributed by atoms with Crippen molar-refractivity contribution in [3.8, 4) is 0 Å². The van der Waals surface area contributed by atoms with Gasteiger partial charge in [0.05, 0.1) is 5.01 Å². The Morgan fingerprint density at radius 1 is 1.48 bits per heavy atom. The van der Waals surface area contributed by atoms with Gasteiger partial charge in [0.1, 0.15) is 0 Å². The second-order valence-corrected chi connectivity index (χ2v) is 7.49. The van der Waals surface area contributed by atoms with Crippen LogP contribution in [-0.4, -0.2) is 41.6 Å². The Bertz CT molecular complexity index is 439. The molecule has 0 radical (unpaired) electrons. The zero-order valence-electron chi connectivity index (χ0n) is 13.0. The maximum absolute atomic E-state index is 4.69. The highest BCUT2D eigenvalue weighted by Gasteiger charge is 2.14. The molecule has 2 heterocycles. The number of aryl methyl sites for hydroxylation is 1. The molecule has 1 unspecified atom stereocenters. The summed E-state index contributed by atoms with van der Waals surface area (Å²) in [6.07, 6.45) is 6.56. The van der Waals surface area contributed by atoms with E-state index in [1.54, 1.807) is 0 Å². The molecule has 0 spiro atoms. The number of nitrogens with zero attached hydrogens (tertiary/aromatic N) is 2. The van der Waals surface area contributed by atoms with E-state index in [-0.39, 0.29) is 0 Å². The largest absolute Gasteiger partial charge is 0.357 e. The van der Waals surface area contributed by atoms with Crippen LogP contribution in [0.4, 0.5) is 0 Å². The monoisotopic (exact) mass is 326 g/mol. The van der Waals surface area contributed by atoms with Gasteiger partial charge in [0.25, 0.3) is 0 Å². The van der Waals surface area contributed by atoms with E-state index >= 15 is 0 Å². The summed E-state index contributed by atoms with van der Waals surface area (Å²) in [5, 5.41) is 8.10. The summed E-state index contributed by atoms with van der Waals surface area (Å²) in [5.74, 6) is 3.45. The van der Waals surface area contributed by atoms with Crippen molar-refractivity contribution in [2.24, 2.45) is 4.99 Å². The number of guanidine groups is 1. The molecule has 0 saturated carbocycles. The van der Waals surface area contributed by atoms with Gasteiger partial charge in [-0.05, 0) is 31.9 Å². The van der Waals surface area contributed by atoms with Crippen molar-refractivity contribution in [3.05, 3.63) is 16.1 Å². The fourth-order valence-corrected chi connectivity index (χ4v) is 4.18. The quantitative estimate of drug-likeness (QED) is 0.623. The fourth-order valence-electron chi connectivity index (χ4n) is 2.26. The van der Waals surface area contributed by atoms with Gasteiger partial charge in [-0.25, -0.2) is 4.98 Å². The second-order valence-electron chi connectivity index (χ2n) is 5.14. The molecule has 118 valence electrons. The van der Waals surface area contributed by atoms with Gasteiger partial charge >= 0.3 is 0 Å². The normalized spacial score (nSPS) is 19.5. The minimum atomic E-state index is 0.563. The Morgan fingerprint density at radius 2 is 2.38 bits per heavy atom. The van der Waals surface area contributed by atoms with E-state index < -0.39 is 0 Å². The summed E-state index contributed by atoms with van der Waals surface area (Å²) in [4.78, 5) is 10.5. The van der Waals surface area contributed by atoms with Gasteiger partial charge in [-0.1, -0.05) is 6.92 Å². The number of thioether (sulfide) groups is 1. The van der Waals surface area contributed by atoms with Crippen LogP contribution in [0.5, 0.6) is 0 Å². The number of thiazole rings is 1. The molecule has 1 saturated heterocycles. The number of aromatic nitrogens is 1. The summed E-state index contributed by atoms with van der Waals surface area (Å²) in [6.45, 7) is 5.99. The molecular weight excluding hydrogens is 300 g/mol. The van der Waals surface area contributed by atoms with Gasteiger partial charge in [0.15, 0.2) is 5.96 Å². The van der Waals surface area contributed by atoms with Crippen molar-refractivity contribution >= 4 is 29.1 Å². The first-order valence-corrected chi connectivity index (χ1v) is 9.85. The van der Waals surface area contributed by atoms with Crippen LogP contribution in [-0.2, 0) is 12.8 Å². The van der Waals surface area contributed by atoms with Crippen LogP contribution >= 0.6 is 23.1 Å². The minimum Gasteiger partial charge on any atom is -0.357 e. The third kappa shape index (κ3) is 5.87. The predicted molar refractivity (Wildman–Crippen MR) is 94.7 cm³/mol. The van der Waals surface area contributed by atoms with Gasteiger partial charge in [-0.2, -0.15) is 11.8 Å². The fraction of sp³-hybridized carbons (Fsp3) is 0.733. The third-order valence-corrected chi connectivity index (χ3v) is 5.81. The zero-order valence-corrected chi connectivity index (χ0v) is 14.7. The van der Waals surface area contributed by atoms with E-state index in [2.05, 4.69) is 34.5 Å². The maximum Gasteiger partial charge on any atom is 0.191 e. The summed E-state index contributed by atoms with van der Waals surface area (Å²) < 4.78 is 0. The SMILES string of the molecule is CCNC(=NCCc1ncc(CC)s1)NC1CCCSC1. The molecule has 0 bridgehead atoms. The number of aliphatic imine (C=N–C) groups is 1. The first kappa shape index (κ1) is 16.6. The van der Waals surface area contributed by atoms with Gasteiger partial charge in [-0.3, -0.25) is 4.99 Å². The van der Waals surface area contributed by atoms with Crippen LogP contribution in [0.3, 0.4) is 0 Å². The molecule has 2 rings (SSSR count). The molecule has 0 aromatic carbocycles. The van der Waals surface area contributed by atoms with Gasteiger partial charge in [0.2, 0.25) is 0 Å². The van der Waals surface area contributed by atoms with Crippen LogP contribution in [0, 0.1) is 0 Å². The molecule has 4 nitrogen and oxygen atoms in total. The van der Waals surface area contributed by atoms with Crippen LogP contribution in [0.25, 0.3) is 0 Å². The number of hydrogen-bond donors (Lipinski definition) is 2. The molecule has 6 heteroatoms. The van der Waals surface area contributed by atoms with E-state index in [1.807, 2.05) is 29.3 Å². The van der Waals surface area contributed by atoms with E-state index in [0.29, 0.717) is 6.04 Å². The van der Waals surface area contributed by atoms with Crippen LogP contribution < -0.4 is 10.6 Å². The van der Waals surface area contributed by atoms with Crippen molar-refractivity contribution in [1.82, 2.24) is 15.6 Å². The average molecular weight is 327 g/mol. The maximum atomic E-state index is 4.69. The topological polar surface area (TPSA) is 49.3 Å². The Morgan fingerprint density at radius 3 is 3.05 bits per heavy atom. The van der Waals surface area contributed by atoms with E-state index in [9.17, 15) is 0 Å². The standard InChI is InChI=1S/C15H26N4S2/c1-3-13-10-18-14(21-13)7-8-17-15(16-4-2)19-12-6-5-9-20-11-12/h10,12H,3-9,11H2,1-2H3,(H2,16,17,19). The van der Waals surface area contributed by atoms with Crippen LogP contribution in [0.1, 0.15) is 36.6 Å². The van der Waals surface area contributed by atoms with Crippen LogP contribution in [0.15, 0.2) is 11.2 Å². The third-order valence-electron chi connectivity index (χ3n) is 3.39.